The van der Waals surface area contributed by atoms with Gasteiger partial charge in [-0.05, 0) is 51.0 Å². The van der Waals surface area contributed by atoms with E-state index < -0.39 is 0 Å². The first-order valence-corrected chi connectivity index (χ1v) is 7.89. The zero-order valence-electron chi connectivity index (χ0n) is 12.9. The summed E-state index contributed by atoms with van der Waals surface area (Å²) in [6, 6.07) is 0. The molecule has 2 heteroatoms. The van der Waals surface area contributed by atoms with Gasteiger partial charge in [-0.15, -0.1) is 0 Å². The molecule has 1 rings (SSSR count). The quantitative estimate of drug-likeness (QED) is 0.658. The molecule has 1 fully saturated rings. The van der Waals surface area contributed by atoms with E-state index in [2.05, 4.69) is 33.0 Å². The lowest BCUT2D eigenvalue weighted by Crippen LogP contribution is -2.34. The minimum Gasteiger partial charge on any atom is -0.374 e. The molecule has 0 radical (unpaired) electrons. The predicted molar refractivity (Wildman–Crippen MR) is 79.0 cm³/mol. The monoisotopic (exact) mass is 255 g/mol. The molecule has 0 aliphatic heterocycles. The van der Waals surface area contributed by atoms with Gasteiger partial charge in [-0.25, -0.2) is 0 Å². The minimum atomic E-state index is 0.359. The Morgan fingerprint density at radius 2 is 1.89 bits per heavy atom. The van der Waals surface area contributed by atoms with Crippen LogP contribution in [0.2, 0.25) is 0 Å². The van der Waals surface area contributed by atoms with E-state index >= 15 is 0 Å². The molecule has 1 aliphatic rings. The second kappa shape index (κ2) is 8.16. The molecular formula is C16H33NO. The van der Waals surface area contributed by atoms with Crippen LogP contribution in [-0.2, 0) is 4.74 Å². The van der Waals surface area contributed by atoms with Gasteiger partial charge in [-0.1, -0.05) is 33.6 Å². The lowest BCUT2D eigenvalue weighted by molar-refractivity contribution is -0.0364. The molecule has 0 aromatic rings. The number of hydrogen-bond donors (Lipinski definition) is 1. The third-order valence-corrected chi connectivity index (χ3v) is 4.10. The Bertz CT molecular complexity index is 205. The van der Waals surface area contributed by atoms with Crippen LogP contribution in [0.4, 0.5) is 0 Å². The summed E-state index contributed by atoms with van der Waals surface area (Å²) in [6.45, 7) is 11.3. The summed E-state index contributed by atoms with van der Waals surface area (Å²) in [6.07, 6.45) is 9.90. The number of hydrogen-bond acceptors (Lipinski definition) is 2. The maximum absolute atomic E-state index is 6.13. The maximum atomic E-state index is 6.13. The number of rotatable bonds is 8. The fraction of sp³-hybridized carbons (Fsp3) is 1.00. The standard InChI is InChI=1S/C16H33NO/c1-5-6-7-12-17-13-14(2)18-15-8-10-16(3,4)11-9-15/h14-15,17H,5-13H2,1-4H3. The van der Waals surface area contributed by atoms with E-state index in [1.54, 1.807) is 0 Å². The van der Waals surface area contributed by atoms with Crippen LogP contribution < -0.4 is 5.32 Å². The van der Waals surface area contributed by atoms with Gasteiger partial charge in [0.05, 0.1) is 12.2 Å². The van der Waals surface area contributed by atoms with Crippen molar-refractivity contribution in [2.45, 2.75) is 84.8 Å². The highest BCUT2D eigenvalue weighted by atomic mass is 16.5. The van der Waals surface area contributed by atoms with Gasteiger partial charge in [-0.3, -0.25) is 0 Å². The maximum Gasteiger partial charge on any atom is 0.0675 e. The third kappa shape index (κ3) is 6.75. The van der Waals surface area contributed by atoms with Crippen molar-refractivity contribution in [1.82, 2.24) is 5.32 Å². The van der Waals surface area contributed by atoms with E-state index in [-0.39, 0.29) is 0 Å². The van der Waals surface area contributed by atoms with Gasteiger partial charge < -0.3 is 10.1 Å². The molecule has 0 bridgehead atoms. The summed E-state index contributed by atoms with van der Waals surface area (Å²) in [5.74, 6) is 0. The fourth-order valence-electron chi connectivity index (χ4n) is 2.69. The Morgan fingerprint density at radius 3 is 2.50 bits per heavy atom. The van der Waals surface area contributed by atoms with Crippen LogP contribution in [0.25, 0.3) is 0 Å². The van der Waals surface area contributed by atoms with E-state index in [4.69, 9.17) is 4.74 Å². The second-order valence-electron chi connectivity index (χ2n) is 6.72. The fourth-order valence-corrected chi connectivity index (χ4v) is 2.69. The normalized spacial score (nSPS) is 22.0. The first-order valence-electron chi connectivity index (χ1n) is 7.89. The highest BCUT2D eigenvalue weighted by Gasteiger charge is 2.27. The van der Waals surface area contributed by atoms with Crippen molar-refractivity contribution in [2.75, 3.05) is 13.1 Å². The average Bonchev–Trinajstić information content (AvgIpc) is 2.32. The Hall–Kier alpha value is -0.0800. The number of ether oxygens (including phenoxy) is 1. The van der Waals surface area contributed by atoms with E-state index in [1.807, 2.05) is 0 Å². The Labute approximate surface area is 114 Å². The van der Waals surface area contributed by atoms with Crippen LogP contribution in [0, 0.1) is 5.41 Å². The highest BCUT2D eigenvalue weighted by molar-refractivity contribution is 4.79. The molecular weight excluding hydrogens is 222 g/mol. The summed E-state index contributed by atoms with van der Waals surface area (Å²) in [4.78, 5) is 0. The number of unbranched alkanes of at least 4 members (excludes halogenated alkanes) is 2. The third-order valence-electron chi connectivity index (χ3n) is 4.10. The van der Waals surface area contributed by atoms with Crippen molar-refractivity contribution < 1.29 is 4.74 Å². The van der Waals surface area contributed by atoms with Gasteiger partial charge >= 0.3 is 0 Å². The summed E-state index contributed by atoms with van der Waals surface area (Å²) in [5, 5.41) is 3.50. The Balaban J connectivity index is 2.04. The van der Waals surface area contributed by atoms with Crippen LogP contribution in [0.3, 0.4) is 0 Å². The molecule has 108 valence electrons. The SMILES string of the molecule is CCCCCNCC(C)OC1CCC(C)(C)CC1. The second-order valence-corrected chi connectivity index (χ2v) is 6.72. The lowest BCUT2D eigenvalue weighted by Gasteiger charge is -2.35. The molecule has 0 amide bonds. The van der Waals surface area contributed by atoms with Crippen LogP contribution in [0.5, 0.6) is 0 Å². The van der Waals surface area contributed by atoms with Gasteiger partial charge in [0.1, 0.15) is 0 Å². The first kappa shape index (κ1) is 16.0. The molecule has 1 saturated carbocycles. The zero-order chi connectivity index (χ0) is 13.4. The topological polar surface area (TPSA) is 21.3 Å². The van der Waals surface area contributed by atoms with Crippen molar-refractivity contribution in [1.29, 1.82) is 0 Å². The van der Waals surface area contributed by atoms with Gasteiger partial charge in [-0.2, -0.15) is 0 Å². The summed E-state index contributed by atoms with van der Waals surface area (Å²) >= 11 is 0. The molecule has 0 aromatic carbocycles. The summed E-state index contributed by atoms with van der Waals surface area (Å²) in [5.41, 5.74) is 0.543. The van der Waals surface area contributed by atoms with Crippen molar-refractivity contribution >= 4 is 0 Å². The number of nitrogens with one attached hydrogen (secondary N) is 1. The average molecular weight is 255 g/mol. The molecule has 0 heterocycles. The van der Waals surface area contributed by atoms with Gasteiger partial charge in [0.25, 0.3) is 0 Å². The van der Waals surface area contributed by atoms with E-state index in [1.165, 1.54) is 44.9 Å². The Morgan fingerprint density at radius 1 is 1.22 bits per heavy atom. The van der Waals surface area contributed by atoms with E-state index in [0.717, 1.165) is 13.1 Å². The largest absolute Gasteiger partial charge is 0.374 e. The van der Waals surface area contributed by atoms with Gasteiger partial charge in [0.2, 0.25) is 0 Å². The predicted octanol–water partition coefficient (Wildman–Crippen LogP) is 4.14. The molecule has 2 nitrogen and oxygen atoms in total. The van der Waals surface area contributed by atoms with Crippen LogP contribution in [-0.4, -0.2) is 25.3 Å². The lowest BCUT2D eigenvalue weighted by atomic mass is 9.76. The molecule has 1 atom stereocenters. The van der Waals surface area contributed by atoms with Crippen molar-refractivity contribution in [3.63, 3.8) is 0 Å². The van der Waals surface area contributed by atoms with Crippen molar-refractivity contribution in [3.8, 4) is 0 Å². The molecule has 18 heavy (non-hydrogen) atoms. The summed E-state index contributed by atoms with van der Waals surface area (Å²) < 4.78 is 6.13. The van der Waals surface area contributed by atoms with Crippen molar-refractivity contribution in [2.24, 2.45) is 5.41 Å². The smallest absolute Gasteiger partial charge is 0.0675 e. The van der Waals surface area contributed by atoms with Crippen LogP contribution in [0.1, 0.15) is 72.6 Å². The van der Waals surface area contributed by atoms with Crippen LogP contribution in [0.15, 0.2) is 0 Å². The molecule has 0 aromatic heterocycles. The molecule has 1 N–H and O–H groups in total. The first-order chi connectivity index (χ1) is 8.53. The van der Waals surface area contributed by atoms with Gasteiger partial charge in [0, 0.05) is 6.54 Å². The summed E-state index contributed by atoms with van der Waals surface area (Å²) in [7, 11) is 0. The molecule has 1 aliphatic carbocycles. The minimum absolute atomic E-state index is 0.359. The van der Waals surface area contributed by atoms with Crippen molar-refractivity contribution in [3.05, 3.63) is 0 Å². The molecule has 0 spiro atoms. The van der Waals surface area contributed by atoms with E-state index in [9.17, 15) is 0 Å². The highest BCUT2D eigenvalue weighted by Crippen LogP contribution is 2.36. The van der Waals surface area contributed by atoms with Gasteiger partial charge in [0.15, 0.2) is 0 Å². The van der Waals surface area contributed by atoms with E-state index in [0.29, 0.717) is 17.6 Å². The Kier molecular flexibility index (Phi) is 7.25. The zero-order valence-corrected chi connectivity index (χ0v) is 12.9. The van der Waals surface area contributed by atoms with Crippen LogP contribution >= 0.6 is 0 Å². The molecule has 0 saturated heterocycles. The molecule has 1 unspecified atom stereocenters.